The Morgan fingerprint density at radius 3 is 2.65 bits per heavy atom. The lowest BCUT2D eigenvalue weighted by Gasteiger charge is -2.13. The third kappa shape index (κ3) is 4.54. The molecule has 3 rings (SSSR count). The van der Waals surface area contributed by atoms with Crippen molar-refractivity contribution < 1.29 is 23.1 Å². The molecule has 11 heteroatoms. The number of sulfonamides is 1. The van der Waals surface area contributed by atoms with Crippen LogP contribution in [0.5, 0.6) is 0 Å². The number of aromatic amines is 1. The summed E-state index contributed by atoms with van der Waals surface area (Å²) in [7, 11) is -1.09. The van der Waals surface area contributed by atoms with Gasteiger partial charge < -0.3 is 14.8 Å². The van der Waals surface area contributed by atoms with E-state index < -0.39 is 28.4 Å². The Bertz CT molecular complexity index is 1310. The van der Waals surface area contributed by atoms with Gasteiger partial charge in [-0.2, -0.15) is 5.26 Å². The number of hydrogen-bond donors (Lipinski definition) is 2. The summed E-state index contributed by atoms with van der Waals surface area (Å²) in [5.74, 6) is -1.37. The number of hydrogen-bond acceptors (Lipinski definition) is 7. The number of aliphatic hydroxyl groups excluding tert-OH is 1. The molecule has 0 spiro atoms. The summed E-state index contributed by atoms with van der Waals surface area (Å²) < 4.78 is 30.6. The van der Waals surface area contributed by atoms with Gasteiger partial charge in [0.05, 0.1) is 26.5 Å². The second kappa shape index (κ2) is 8.77. The number of aliphatic hydroxyl groups is 1. The summed E-state index contributed by atoms with van der Waals surface area (Å²) in [5, 5.41) is 19.7. The van der Waals surface area contributed by atoms with Crippen molar-refractivity contribution in [3.05, 3.63) is 64.6 Å². The number of ether oxygens (including phenoxy) is 1. The normalized spacial score (nSPS) is 12.5. The van der Waals surface area contributed by atoms with Crippen molar-refractivity contribution in [1.29, 1.82) is 5.26 Å². The summed E-state index contributed by atoms with van der Waals surface area (Å²) in [4.78, 5) is 19.4. The number of nitrogens with one attached hydrogen (secondary N) is 1. The first-order valence-electron chi connectivity index (χ1n) is 8.81. The van der Waals surface area contributed by atoms with Gasteiger partial charge >= 0.3 is 5.97 Å². The number of nitriles is 1. The molecule has 0 unspecified atom stereocenters. The SMILES string of the molecule is CN(C)S(=O)(=O)c1ccc(Cl)c(C(=O)OCC(O)=C(C#N)c2nc3ccccc3[nH]2)c1. The lowest BCUT2D eigenvalue weighted by atomic mass is 10.2. The Hall–Kier alpha value is -3.39. The number of fused-ring (bicyclic) bond motifs is 1. The van der Waals surface area contributed by atoms with E-state index in [4.69, 9.17) is 16.3 Å². The zero-order valence-electron chi connectivity index (χ0n) is 16.5. The van der Waals surface area contributed by atoms with E-state index in [0.29, 0.717) is 11.0 Å². The summed E-state index contributed by atoms with van der Waals surface area (Å²) in [6.45, 7) is -0.639. The quantitative estimate of drug-likeness (QED) is 0.327. The fourth-order valence-electron chi connectivity index (χ4n) is 2.64. The van der Waals surface area contributed by atoms with Crippen LogP contribution in [0, 0.1) is 11.3 Å². The highest BCUT2D eigenvalue weighted by atomic mass is 35.5. The van der Waals surface area contributed by atoms with Crippen molar-refractivity contribution in [3.8, 4) is 6.07 Å². The average Bonchev–Trinajstić information content (AvgIpc) is 3.16. The van der Waals surface area contributed by atoms with Crippen molar-refractivity contribution in [3.63, 3.8) is 0 Å². The van der Waals surface area contributed by atoms with Crippen molar-refractivity contribution in [1.82, 2.24) is 14.3 Å². The molecule has 1 heterocycles. The molecule has 0 saturated heterocycles. The molecule has 0 aliphatic carbocycles. The maximum atomic E-state index is 12.5. The Labute approximate surface area is 183 Å². The van der Waals surface area contributed by atoms with E-state index in [1.165, 1.54) is 26.2 Å². The van der Waals surface area contributed by atoms with Gasteiger partial charge in [-0.25, -0.2) is 22.5 Å². The van der Waals surface area contributed by atoms with E-state index in [-0.39, 0.29) is 26.9 Å². The molecule has 0 atom stereocenters. The number of nitrogens with zero attached hydrogens (tertiary/aromatic N) is 3. The Morgan fingerprint density at radius 2 is 2.00 bits per heavy atom. The number of carbonyl (C=O) groups is 1. The van der Waals surface area contributed by atoms with Crippen LogP contribution in [0.1, 0.15) is 16.2 Å². The van der Waals surface area contributed by atoms with Gasteiger partial charge in [0.1, 0.15) is 18.2 Å². The zero-order valence-corrected chi connectivity index (χ0v) is 18.0. The van der Waals surface area contributed by atoms with Crippen molar-refractivity contribution >= 4 is 44.2 Å². The maximum Gasteiger partial charge on any atom is 0.340 e. The number of imidazole rings is 1. The maximum absolute atomic E-state index is 12.5. The van der Waals surface area contributed by atoms with Gasteiger partial charge in [-0.3, -0.25) is 0 Å². The lowest BCUT2D eigenvalue weighted by Crippen LogP contribution is -2.22. The largest absolute Gasteiger partial charge is 0.507 e. The van der Waals surface area contributed by atoms with E-state index in [9.17, 15) is 23.6 Å². The number of rotatable bonds is 6. The topological polar surface area (TPSA) is 136 Å². The second-order valence-electron chi connectivity index (χ2n) is 6.54. The van der Waals surface area contributed by atoms with Crippen LogP contribution in [-0.4, -0.2) is 54.5 Å². The van der Waals surface area contributed by atoms with Gasteiger partial charge in [-0.1, -0.05) is 23.7 Å². The number of carbonyl (C=O) groups excluding carboxylic acids is 1. The van der Waals surface area contributed by atoms with Crippen LogP contribution in [0.2, 0.25) is 5.02 Å². The minimum absolute atomic E-state index is 0.0241. The van der Waals surface area contributed by atoms with Crippen LogP contribution < -0.4 is 0 Å². The van der Waals surface area contributed by atoms with Gasteiger partial charge in [0.15, 0.2) is 11.6 Å². The zero-order chi connectivity index (χ0) is 22.8. The number of H-pyrrole nitrogens is 1. The third-order valence-electron chi connectivity index (χ3n) is 4.30. The molecule has 0 saturated carbocycles. The fraction of sp³-hybridized carbons (Fsp3) is 0.150. The van der Waals surface area contributed by atoms with Gasteiger partial charge in [0.25, 0.3) is 0 Å². The first-order valence-corrected chi connectivity index (χ1v) is 10.6. The summed E-state index contributed by atoms with van der Waals surface area (Å²) in [6.07, 6.45) is 0. The number of benzene rings is 2. The highest BCUT2D eigenvalue weighted by Crippen LogP contribution is 2.24. The van der Waals surface area contributed by atoms with Gasteiger partial charge in [-0.15, -0.1) is 0 Å². The van der Waals surface area contributed by atoms with Crippen LogP contribution >= 0.6 is 11.6 Å². The molecule has 1 aromatic heterocycles. The molecule has 0 fully saturated rings. The molecule has 31 heavy (non-hydrogen) atoms. The van der Waals surface area contributed by atoms with E-state index in [2.05, 4.69) is 9.97 Å². The predicted octanol–water partition coefficient (Wildman–Crippen LogP) is 3.12. The Kier molecular flexibility index (Phi) is 6.31. The predicted molar refractivity (Wildman–Crippen MR) is 114 cm³/mol. The standard InChI is InChI=1S/C20H17ClN4O5S/c1-25(2)31(28,29)12-7-8-15(21)13(9-12)20(27)30-11-18(26)14(10-22)19-23-16-5-3-4-6-17(16)24-19/h3-9,26H,11H2,1-2H3,(H,23,24). The summed E-state index contributed by atoms with van der Waals surface area (Å²) in [6, 6.07) is 12.5. The number of halogens is 1. The molecule has 0 aliphatic rings. The van der Waals surface area contributed by atoms with Crippen molar-refractivity contribution in [2.75, 3.05) is 20.7 Å². The highest BCUT2D eigenvalue weighted by molar-refractivity contribution is 7.89. The number of allylic oxidation sites excluding steroid dienone is 1. The first kappa shape index (κ1) is 22.3. The van der Waals surface area contributed by atoms with Crippen LogP contribution in [0.3, 0.4) is 0 Å². The van der Waals surface area contributed by atoms with E-state index >= 15 is 0 Å². The molecule has 0 radical (unpaired) electrons. The monoisotopic (exact) mass is 460 g/mol. The van der Waals surface area contributed by atoms with Gasteiger partial charge in [0, 0.05) is 14.1 Å². The lowest BCUT2D eigenvalue weighted by molar-refractivity contribution is 0.0502. The van der Waals surface area contributed by atoms with Gasteiger partial charge in [0.2, 0.25) is 10.0 Å². The molecule has 0 aliphatic heterocycles. The molecule has 0 amide bonds. The molecule has 9 nitrogen and oxygen atoms in total. The van der Waals surface area contributed by atoms with E-state index in [1.54, 1.807) is 24.3 Å². The highest BCUT2D eigenvalue weighted by Gasteiger charge is 2.22. The fourth-order valence-corrected chi connectivity index (χ4v) is 3.76. The Balaban J connectivity index is 1.84. The third-order valence-corrected chi connectivity index (χ3v) is 6.44. The van der Waals surface area contributed by atoms with Crippen LogP contribution in [0.4, 0.5) is 0 Å². The van der Waals surface area contributed by atoms with Crippen LogP contribution in [-0.2, 0) is 14.8 Å². The molecule has 0 bridgehead atoms. The second-order valence-corrected chi connectivity index (χ2v) is 9.10. The molecule has 2 N–H and O–H groups in total. The number of aromatic nitrogens is 2. The van der Waals surface area contributed by atoms with E-state index in [1.807, 2.05) is 6.07 Å². The van der Waals surface area contributed by atoms with Crippen LogP contribution in [0.15, 0.2) is 53.1 Å². The summed E-state index contributed by atoms with van der Waals surface area (Å²) in [5.41, 5.74) is 0.875. The number of esters is 1. The van der Waals surface area contributed by atoms with E-state index in [0.717, 1.165) is 10.4 Å². The molecule has 160 valence electrons. The molecule has 3 aromatic rings. The smallest absolute Gasteiger partial charge is 0.340 e. The van der Waals surface area contributed by atoms with Gasteiger partial charge in [-0.05, 0) is 30.3 Å². The molecular formula is C20H17ClN4O5S. The van der Waals surface area contributed by atoms with Crippen LogP contribution in [0.25, 0.3) is 16.6 Å². The van der Waals surface area contributed by atoms with Crippen molar-refractivity contribution in [2.24, 2.45) is 0 Å². The first-order chi connectivity index (χ1) is 14.6. The average molecular weight is 461 g/mol. The van der Waals surface area contributed by atoms with Crippen molar-refractivity contribution in [2.45, 2.75) is 4.90 Å². The number of para-hydroxylation sites is 2. The Morgan fingerprint density at radius 1 is 1.29 bits per heavy atom. The minimum Gasteiger partial charge on any atom is -0.507 e. The molecule has 2 aromatic carbocycles. The minimum atomic E-state index is -3.79. The summed E-state index contributed by atoms with van der Waals surface area (Å²) >= 11 is 6.02. The molecular weight excluding hydrogens is 444 g/mol.